The third kappa shape index (κ3) is 5.14. The van der Waals surface area contributed by atoms with Gasteiger partial charge in [0.15, 0.2) is 5.78 Å². The zero-order valence-corrected chi connectivity index (χ0v) is 8.41. The minimum Gasteiger partial charge on any atom is -0.480 e. The van der Waals surface area contributed by atoms with Crippen LogP contribution >= 0.6 is 0 Å². The highest BCUT2D eigenvalue weighted by Crippen LogP contribution is 2.00. The van der Waals surface area contributed by atoms with Gasteiger partial charge in [0.25, 0.3) is 0 Å². The fraction of sp³-hybridized carbons (Fsp3) is 0.750. The molecule has 94 valence electrons. The van der Waals surface area contributed by atoms with E-state index in [1.165, 1.54) is 0 Å². The van der Waals surface area contributed by atoms with Gasteiger partial charge in [-0.3, -0.25) is 14.9 Å². The molecule has 3 atom stereocenters. The van der Waals surface area contributed by atoms with Crippen LogP contribution in [-0.4, -0.2) is 75.3 Å². The molecular formula is C8H15NO7. The number of carbonyl (C=O) groups is 2. The third-order valence-electron chi connectivity index (χ3n) is 1.81. The number of hydrogen-bond donors (Lipinski definition) is 6. The van der Waals surface area contributed by atoms with Crippen molar-refractivity contribution in [3.8, 4) is 0 Å². The summed E-state index contributed by atoms with van der Waals surface area (Å²) in [5, 5.41) is 46.2. The Balaban J connectivity index is 4.02. The Kier molecular flexibility index (Phi) is 6.77. The highest BCUT2D eigenvalue weighted by molar-refractivity contribution is 5.85. The van der Waals surface area contributed by atoms with Gasteiger partial charge >= 0.3 is 5.97 Å². The van der Waals surface area contributed by atoms with Crippen molar-refractivity contribution in [1.29, 1.82) is 0 Å². The summed E-state index contributed by atoms with van der Waals surface area (Å²) in [6.45, 7) is -1.71. The molecule has 0 saturated carbocycles. The van der Waals surface area contributed by atoms with E-state index in [2.05, 4.69) is 5.32 Å². The van der Waals surface area contributed by atoms with E-state index in [-0.39, 0.29) is 0 Å². The van der Waals surface area contributed by atoms with Gasteiger partial charge in [0.05, 0.1) is 19.7 Å². The van der Waals surface area contributed by atoms with Crippen LogP contribution in [0.4, 0.5) is 0 Å². The number of carboxylic acids is 1. The Morgan fingerprint density at radius 3 is 2.12 bits per heavy atom. The monoisotopic (exact) mass is 237 g/mol. The predicted molar refractivity (Wildman–Crippen MR) is 50.6 cm³/mol. The van der Waals surface area contributed by atoms with Crippen molar-refractivity contribution in [2.24, 2.45) is 0 Å². The molecule has 0 radical (unpaired) electrons. The van der Waals surface area contributed by atoms with Crippen LogP contribution in [0, 0.1) is 0 Å². The second-order valence-electron chi connectivity index (χ2n) is 3.15. The molecule has 0 amide bonds. The van der Waals surface area contributed by atoms with Crippen LogP contribution in [0.1, 0.15) is 0 Å². The van der Waals surface area contributed by atoms with Crippen LogP contribution in [-0.2, 0) is 9.59 Å². The number of carboxylic acid groups (broad SMARTS) is 1. The van der Waals surface area contributed by atoms with Gasteiger partial charge in [0, 0.05) is 0 Å². The van der Waals surface area contributed by atoms with Gasteiger partial charge in [-0.15, -0.1) is 0 Å². The lowest BCUT2D eigenvalue weighted by Crippen LogP contribution is -2.47. The van der Waals surface area contributed by atoms with E-state index in [0.717, 1.165) is 0 Å². The molecule has 0 fully saturated rings. The minimum absolute atomic E-state index is 0.456. The zero-order valence-electron chi connectivity index (χ0n) is 8.41. The molecule has 0 spiro atoms. The molecule has 0 aromatic rings. The predicted octanol–water partition coefficient (Wildman–Crippen LogP) is -3.70. The maximum Gasteiger partial charge on any atom is 0.317 e. The van der Waals surface area contributed by atoms with Crippen LogP contribution in [0.3, 0.4) is 0 Å². The van der Waals surface area contributed by atoms with Crippen LogP contribution in [0.5, 0.6) is 0 Å². The molecule has 0 aromatic carbocycles. The number of aliphatic carboxylic acids is 1. The molecule has 8 nitrogen and oxygen atoms in total. The maximum absolute atomic E-state index is 11.1. The van der Waals surface area contributed by atoms with Gasteiger partial charge in [0.2, 0.25) is 0 Å². The highest BCUT2D eigenvalue weighted by Gasteiger charge is 2.29. The molecule has 3 unspecified atom stereocenters. The zero-order chi connectivity index (χ0) is 12.7. The molecule has 0 aliphatic carbocycles. The van der Waals surface area contributed by atoms with Gasteiger partial charge in [0.1, 0.15) is 18.3 Å². The first kappa shape index (κ1) is 14.9. The lowest BCUT2D eigenvalue weighted by atomic mass is 10.0. The van der Waals surface area contributed by atoms with Gasteiger partial charge in [-0.25, -0.2) is 0 Å². The van der Waals surface area contributed by atoms with Crippen molar-refractivity contribution in [3.63, 3.8) is 0 Å². The fourth-order valence-corrected chi connectivity index (χ4v) is 0.906. The first-order valence-electron chi connectivity index (χ1n) is 4.50. The average Bonchev–Trinajstić information content (AvgIpc) is 2.25. The molecule has 0 aliphatic heterocycles. The van der Waals surface area contributed by atoms with Gasteiger partial charge in [-0.05, 0) is 0 Å². The van der Waals surface area contributed by atoms with E-state index in [9.17, 15) is 14.7 Å². The summed E-state index contributed by atoms with van der Waals surface area (Å²) in [5.74, 6) is -2.04. The standard InChI is InChI=1S/C8H15NO7/c10-3-5(12)8(16)7(15)4(11)1-9-2-6(13)14/h5,7-10,12,15-16H,1-3H2,(H,13,14). The molecule has 6 N–H and O–H groups in total. The number of nitrogens with one attached hydrogen (secondary N) is 1. The Hall–Kier alpha value is -1.06. The van der Waals surface area contributed by atoms with E-state index >= 15 is 0 Å². The summed E-state index contributed by atoms with van der Waals surface area (Å²) in [4.78, 5) is 21.2. The highest BCUT2D eigenvalue weighted by atomic mass is 16.4. The Labute approximate surface area is 91.1 Å². The van der Waals surface area contributed by atoms with Crippen LogP contribution in [0.15, 0.2) is 0 Å². The maximum atomic E-state index is 11.1. The Morgan fingerprint density at radius 1 is 1.12 bits per heavy atom. The SMILES string of the molecule is O=C(O)CNCC(=O)C(O)C(O)C(O)CO. The van der Waals surface area contributed by atoms with Crippen LogP contribution < -0.4 is 5.32 Å². The molecule has 0 rings (SSSR count). The fourth-order valence-electron chi connectivity index (χ4n) is 0.906. The van der Waals surface area contributed by atoms with Crippen molar-refractivity contribution in [2.45, 2.75) is 18.3 Å². The van der Waals surface area contributed by atoms with Gasteiger partial charge in [-0.2, -0.15) is 0 Å². The number of rotatable bonds is 8. The lowest BCUT2D eigenvalue weighted by Gasteiger charge is -2.20. The first-order chi connectivity index (χ1) is 7.40. The van der Waals surface area contributed by atoms with Crippen molar-refractivity contribution in [1.82, 2.24) is 5.32 Å². The summed E-state index contributed by atoms with van der Waals surface area (Å²) in [7, 11) is 0. The van der Waals surface area contributed by atoms with E-state index in [1.54, 1.807) is 0 Å². The topological polar surface area (TPSA) is 147 Å². The number of carbonyl (C=O) groups excluding carboxylic acids is 1. The molecule has 0 saturated heterocycles. The average molecular weight is 237 g/mol. The van der Waals surface area contributed by atoms with Crippen molar-refractivity contribution in [3.05, 3.63) is 0 Å². The molecule has 0 heterocycles. The van der Waals surface area contributed by atoms with Crippen LogP contribution in [0.25, 0.3) is 0 Å². The largest absolute Gasteiger partial charge is 0.480 e. The van der Waals surface area contributed by atoms with E-state index in [4.69, 9.17) is 20.4 Å². The quantitative estimate of drug-likeness (QED) is 0.253. The Bertz CT molecular complexity index is 245. The van der Waals surface area contributed by atoms with Gasteiger partial charge in [-0.1, -0.05) is 0 Å². The number of ketones is 1. The first-order valence-corrected chi connectivity index (χ1v) is 4.50. The third-order valence-corrected chi connectivity index (χ3v) is 1.81. The lowest BCUT2D eigenvalue weighted by molar-refractivity contribution is -0.139. The Morgan fingerprint density at radius 2 is 1.69 bits per heavy atom. The summed E-state index contributed by atoms with van der Waals surface area (Å²) in [5.41, 5.74) is 0. The van der Waals surface area contributed by atoms with Crippen LogP contribution in [0.2, 0.25) is 0 Å². The van der Waals surface area contributed by atoms with E-state index < -0.39 is 49.8 Å². The summed E-state index contributed by atoms with van der Waals surface area (Å²) >= 11 is 0. The molecule has 8 heteroatoms. The molecule has 0 bridgehead atoms. The second-order valence-corrected chi connectivity index (χ2v) is 3.15. The molecular weight excluding hydrogens is 222 g/mol. The number of aliphatic hydroxyl groups excluding tert-OH is 4. The molecule has 0 aromatic heterocycles. The van der Waals surface area contributed by atoms with E-state index in [0.29, 0.717) is 0 Å². The van der Waals surface area contributed by atoms with Crippen molar-refractivity contribution >= 4 is 11.8 Å². The molecule has 0 aliphatic rings. The second kappa shape index (κ2) is 7.25. The summed E-state index contributed by atoms with van der Waals surface area (Å²) in [6, 6.07) is 0. The van der Waals surface area contributed by atoms with Crippen molar-refractivity contribution in [2.75, 3.05) is 19.7 Å². The normalized spacial score (nSPS) is 16.5. The number of aliphatic hydroxyl groups is 4. The summed E-state index contributed by atoms with van der Waals surface area (Å²) < 4.78 is 0. The number of Topliss-reactive ketones (excluding diaryl/α,β-unsaturated/α-hetero) is 1. The minimum atomic E-state index is -1.87. The summed E-state index contributed by atoms with van der Waals surface area (Å²) in [6.07, 6.45) is -5.30. The van der Waals surface area contributed by atoms with E-state index in [1.807, 2.05) is 0 Å². The molecule has 16 heavy (non-hydrogen) atoms. The smallest absolute Gasteiger partial charge is 0.317 e. The number of hydrogen-bond acceptors (Lipinski definition) is 7. The van der Waals surface area contributed by atoms with Gasteiger partial charge < -0.3 is 25.5 Å². The van der Waals surface area contributed by atoms with Crippen molar-refractivity contribution < 1.29 is 35.1 Å².